The molecule has 3 fully saturated rings. The summed E-state index contributed by atoms with van der Waals surface area (Å²) in [6.07, 6.45) is 15.7. The molecular formula is C23H30O2S. The van der Waals surface area contributed by atoms with Crippen LogP contribution in [-0.2, 0) is 4.79 Å². The van der Waals surface area contributed by atoms with Crippen LogP contribution in [0.2, 0.25) is 0 Å². The zero-order chi connectivity index (χ0) is 18.1. The summed E-state index contributed by atoms with van der Waals surface area (Å²) in [5, 5.41) is 10.8. The van der Waals surface area contributed by atoms with Gasteiger partial charge in [-0.25, -0.2) is 0 Å². The van der Waals surface area contributed by atoms with E-state index < -0.39 is 0 Å². The van der Waals surface area contributed by atoms with Crippen molar-refractivity contribution in [1.29, 1.82) is 0 Å². The first-order chi connectivity index (χ1) is 12.4. The van der Waals surface area contributed by atoms with Crippen molar-refractivity contribution < 1.29 is 9.90 Å². The molecule has 0 unspecified atom stereocenters. The average Bonchev–Trinajstić information content (AvgIpc) is 3.18. The fraction of sp³-hybridized carbons (Fsp3) is 0.696. The standard InChI is InChI=1S/C23H30O2S/c1-22-11-9-14(19-6-8-21(25)26-19)13-15(22)3-4-16-17-5-7-20(24)23(17,2)12-10-18(16)22/h6,8,13,16-18,20,24H,3-5,7,9-12H2,1-2H3/b19-14-/t16-,17-,18-,20+,22-,23-/m0/s1. The lowest BCUT2D eigenvalue weighted by Gasteiger charge is -2.58. The lowest BCUT2D eigenvalue weighted by molar-refractivity contribution is -0.106. The van der Waals surface area contributed by atoms with Gasteiger partial charge in [-0.05, 0) is 109 Å². The smallest absolute Gasteiger partial charge is 0.216 e. The number of hydrogen-bond acceptors (Lipinski definition) is 3. The number of hydrogen-bond donors (Lipinski definition) is 1. The first-order valence-electron chi connectivity index (χ1n) is 10.4. The first-order valence-corrected chi connectivity index (χ1v) is 11.3. The summed E-state index contributed by atoms with van der Waals surface area (Å²) in [6, 6.07) is 0. The molecule has 3 saturated carbocycles. The molecule has 0 saturated heterocycles. The summed E-state index contributed by atoms with van der Waals surface area (Å²) in [5.74, 6) is 2.30. The number of fused-ring (bicyclic) bond motifs is 5. The van der Waals surface area contributed by atoms with Gasteiger partial charge in [-0.15, -0.1) is 0 Å². The molecule has 1 N–H and O–H groups in total. The Hall–Kier alpha value is -0.800. The van der Waals surface area contributed by atoms with Crippen LogP contribution in [0.5, 0.6) is 0 Å². The van der Waals surface area contributed by atoms with Crippen LogP contribution in [0.1, 0.15) is 65.2 Å². The highest BCUT2D eigenvalue weighted by Crippen LogP contribution is 2.65. The van der Waals surface area contributed by atoms with E-state index in [2.05, 4.69) is 19.9 Å². The van der Waals surface area contributed by atoms with Crippen molar-refractivity contribution in [3.05, 3.63) is 34.3 Å². The molecular weight excluding hydrogens is 340 g/mol. The third kappa shape index (κ3) is 2.32. The Morgan fingerprint density at radius 1 is 1.04 bits per heavy atom. The van der Waals surface area contributed by atoms with Gasteiger partial charge in [0.1, 0.15) is 0 Å². The van der Waals surface area contributed by atoms with Gasteiger partial charge in [-0.3, -0.25) is 4.79 Å². The second kappa shape index (κ2) is 5.85. The van der Waals surface area contributed by atoms with Crippen molar-refractivity contribution in [1.82, 2.24) is 0 Å². The number of allylic oxidation sites excluding steroid dienone is 4. The van der Waals surface area contributed by atoms with Crippen molar-refractivity contribution in [2.75, 3.05) is 0 Å². The Balaban J connectivity index is 1.47. The molecule has 1 aliphatic heterocycles. The van der Waals surface area contributed by atoms with Crippen molar-refractivity contribution in [2.24, 2.45) is 28.6 Å². The van der Waals surface area contributed by atoms with E-state index in [4.69, 9.17) is 0 Å². The van der Waals surface area contributed by atoms with Crippen molar-refractivity contribution in [3.63, 3.8) is 0 Å². The minimum absolute atomic E-state index is 0.0791. The maximum Gasteiger partial charge on any atom is 0.216 e. The fourth-order valence-electron chi connectivity index (χ4n) is 7.25. The summed E-state index contributed by atoms with van der Waals surface area (Å²) in [4.78, 5) is 12.8. The Kier molecular flexibility index (Phi) is 3.89. The third-order valence-corrected chi connectivity index (χ3v) is 9.80. The predicted octanol–water partition coefficient (Wildman–Crippen LogP) is 5.39. The van der Waals surface area contributed by atoms with Gasteiger partial charge in [0, 0.05) is 4.91 Å². The molecule has 5 aliphatic rings. The third-order valence-electron chi connectivity index (χ3n) is 8.85. The van der Waals surface area contributed by atoms with E-state index in [1.165, 1.54) is 60.8 Å². The molecule has 26 heavy (non-hydrogen) atoms. The van der Waals surface area contributed by atoms with E-state index in [9.17, 15) is 9.90 Å². The largest absolute Gasteiger partial charge is 0.393 e. The fourth-order valence-corrected chi connectivity index (χ4v) is 8.03. The van der Waals surface area contributed by atoms with E-state index in [1.54, 1.807) is 11.6 Å². The minimum atomic E-state index is -0.0791. The molecule has 3 heteroatoms. The van der Waals surface area contributed by atoms with E-state index >= 15 is 0 Å². The van der Waals surface area contributed by atoms with Gasteiger partial charge in [0.25, 0.3) is 0 Å². The summed E-state index contributed by atoms with van der Waals surface area (Å²) in [6.45, 7) is 4.89. The maximum atomic E-state index is 11.6. The second-order valence-corrected chi connectivity index (χ2v) is 10.8. The zero-order valence-electron chi connectivity index (χ0n) is 16.0. The van der Waals surface area contributed by atoms with E-state index in [-0.39, 0.29) is 16.6 Å². The molecule has 0 aromatic heterocycles. The summed E-state index contributed by atoms with van der Waals surface area (Å²) >= 11 is 1.40. The second-order valence-electron chi connectivity index (χ2n) is 9.78. The van der Waals surface area contributed by atoms with Gasteiger partial charge in [0.05, 0.1) is 6.10 Å². The van der Waals surface area contributed by atoms with Crippen LogP contribution in [0.4, 0.5) is 0 Å². The van der Waals surface area contributed by atoms with Crippen LogP contribution in [0.3, 0.4) is 0 Å². The minimum Gasteiger partial charge on any atom is -0.393 e. The lowest BCUT2D eigenvalue weighted by atomic mass is 9.47. The van der Waals surface area contributed by atoms with Crippen LogP contribution in [0.25, 0.3) is 0 Å². The van der Waals surface area contributed by atoms with Crippen LogP contribution >= 0.6 is 11.8 Å². The number of rotatable bonds is 0. The Morgan fingerprint density at radius 2 is 1.88 bits per heavy atom. The molecule has 1 heterocycles. The number of aliphatic hydroxyl groups excluding tert-OH is 1. The molecule has 4 aliphatic carbocycles. The Bertz CT molecular complexity index is 747. The normalized spacial score (nSPS) is 50.3. The SMILES string of the molecule is C[C@]12CC[C@H]3[C@@H](CCC4=C/C(=C5/C=CC(=O)S5)CC[C@@]43C)[C@@H]1CC[C@H]2O. The number of aliphatic hydroxyl groups is 1. The average molecular weight is 371 g/mol. The predicted molar refractivity (Wildman–Crippen MR) is 106 cm³/mol. The van der Waals surface area contributed by atoms with Gasteiger partial charge >= 0.3 is 0 Å². The number of carbonyl (C=O) groups is 1. The highest BCUT2D eigenvalue weighted by Gasteiger charge is 2.58. The highest BCUT2D eigenvalue weighted by atomic mass is 32.2. The molecule has 0 bridgehead atoms. The molecule has 6 atom stereocenters. The van der Waals surface area contributed by atoms with E-state index in [0.717, 1.165) is 30.6 Å². The first kappa shape index (κ1) is 17.3. The summed E-state index contributed by atoms with van der Waals surface area (Å²) in [7, 11) is 0. The van der Waals surface area contributed by atoms with E-state index in [0.29, 0.717) is 5.41 Å². The van der Waals surface area contributed by atoms with E-state index in [1.807, 2.05) is 6.08 Å². The molecule has 5 rings (SSSR count). The van der Waals surface area contributed by atoms with Crippen LogP contribution in [0.15, 0.2) is 34.3 Å². The quantitative estimate of drug-likeness (QED) is 0.621. The number of carbonyl (C=O) groups excluding carboxylic acids is 1. The Labute approximate surface area is 161 Å². The molecule has 0 radical (unpaired) electrons. The molecule has 0 spiro atoms. The monoisotopic (exact) mass is 370 g/mol. The van der Waals surface area contributed by atoms with Crippen molar-refractivity contribution in [2.45, 2.75) is 71.3 Å². The highest BCUT2D eigenvalue weighted by molar-refractivity contribution is 8.17. The van der Waals surface area contributed by atoms with Crippen molar-refractivity contribution in [3.8, 4) is 0 Å². The molecule has 140 valence electrons. The van der Waals surface area contributed by atoms with Gasteiger partial charge in [0.15, 0.2) is 0 Å². The lowest BCUT2D eigenvalue weighted by Crippen LogP contribution is -2.50. The van der Waals surface area contributed by atoms with Crippen LogP contribution in [-0.4, -0.2) is 16.3 Å². The molecule has 0 amide bonds. The Morgan fingerprint density at radius 3 is 2.65 bits per heavy atom. The summed E-state index contributed by atoms with van der Waals surface area (Å²) in [5.41, 5.74) is 3.54. The van der Waals surface area contributed by atoms with Gasteiger partial charge in [0.2, 0.25) is 5.12 Å². The molecule has 0 aromatic rings. The van der Waals surface area contributed by atoms with Gasteiger partial charge in [-0.2, -0.15) is 0 Å². The number of thioether (sulfide) groups is 1. The van der Waals surface area contributed by atoms with Crippen LogP contribution in [0, 0.1) is 28.6 Å². The molecule has 2 nitrogen and oxygen atoms in total. The zero-order valence-corrected chi connectivity index (χ0v) is 16.8. The molecule has 0 aromatic carbocycles. The summed E-state index contributed by atoms with van der Waals surface area (Å²) < 4.78 is 0. The maximum absolute atomic E-state index is 11.6. The van der Waals surface area contributed by atoms with Crippen LogP contribution < -0.4 is 0 Å². The topological polar surface area (TPSA) is 37.3 Å². The van der Waals surface area contributed by atoms with Crippen molar-refractivity contribution >= 4 is 16.9 Å². The van der Waals surface area contributed by atoms with Gasteiger partial charge in [-0.1, -0.05) is 25.5 Å². The van der Waals surface area contributed by atoms with Gasteiger partial charge < -0.3 is 5.11 Å².